The fraction of sp³-hybridized carbons (Fsp3) is 0.381. The van der Waals surface area contributed by atoms with Crippen LogP contribution in [0.1, 0.15) is 11.1 Å². The highest BCUT2D eigenvalue weighted by Crippen LogP contribution is 2.17. The molecule has 0 radical (unpaired) electrons. The van der Waals surface area contributed by atoms with Crippen molar-refractivity contribution in [2.24, 2.45) is 0 Å². The summed E-state index contributed by atoms with van der Waals surface area (Å²) in [5.74, 6) is 0.787. The number of rotatable bonds is 6. The molecule has 0 bridgehead atoms. The van der Waals surface area contributed by atoms with Crippen molar-refractivity contribution in [3.05, 3.63) is 59.7 Å². The molecule has 2 amide bonds. The molecule has 1 aliphatic heterocycles. The highest BCUT2D eigenvalue weighted by molar-refractivity contribution is 5.73. The first-order valence-corrected chi connectivity index (χ1v) is 9.19. The number of ether oxygens (including phenoxy) is 2. The lowest BCUT2D eigenvalue weighted by Crippen LogP contribution is -2.36. The maximum Gasteiger partial charge on any atom is 0.317 e. The average molecular weight is 369 g/mol. The molecule has 0 aliphatic carbocycles. The van der Waals surface area contributed by atoms with Crippen molar-refractivity contribution < 1.29 is 14.3 Å². The number of benzene rings is 2. The number of methoxy groups -OCH3 is 1. The molecule has 0 unspecified atom stereocenters. The summed E-state index contributed by atoms with van der Waals surface area (Å²) < 4.78 is 10.6. The monoisotopic (exact) mass is 369 g/mol. The van der Waals surface area contributed by atoms with Gasteiger partial charge in [0.1, 0.15) is 5.75 Å². The van der Waals surface area contributed by atoms with Gasteiger partial charge in [0.15, 0.2) is 0 Å². The molecule has 1 N–H and O–H groups in total. The average Bonchev–Trinajstić information content (AvgIpc) is 2.73. The van der Waals surface area contributed by atoms with Crippen LogP contribution in [0.15, 0.2) is 48.5 Å². The van der Waals surface area contributed by atoms with Crippen LogP contribution in [0.2, 0.25) is 0 Å². The minimum Gasteiger partial charge on any atom is -0.497 e. The highest BCUT2D eigenvalue weighted by atomic mass is 16.5. The first-order valence-electron chi connectivity index (χ1n) is 9.19. The molecule has 3 rings (SSSR count). The highest BCUT2D eigenvalue weighted by Gasteiger charge is 2.12. The number of carbonyl (C=O) groups excluding carboxylic acids is 1. The molecule has 6 heteroatoms. The largest absolute Gasteiger partial charge is 0.497 e. The van der Waals surface area contributed by atoms with Gasteiger partial charge >= 0.3 is 6.03 Å². The van der Waals surface area contributed by atoms with Crippen LogP contribution in [-0.4, -0.2) is 51.4 Å². The van der Waals surface area contributed by atoms with Crippen molar-refractivity contribution in [2.45, 2.75) is 13.1 Å². The topological polar surface area (TPSA) is 54.0 Å². The van der Waals surface area contributed by atoms with Crippen LogP contribution in [0.25, 0.3) is 0 Å². The fourth-order valence-corrected chi connectivity index (χ4v) is 3.07. The predicted molar refractivity (Wildman–Crippen MR) is 106 cm³/mol. The third-order valence-corrected chi connectivity index (χ3v) is 4.66. The first-order chi connectivity index (χ1) is 13.2. The molecule has 27 heavy (non-hydrogen) atoms. The lowest BCUT2D eigenvalue weighted by molar-refractivity contribution is 0.122. The van der Waals surface area contributed by atoms with E-state index in [0.717, 1.165) is 43.2 Å². The number of hydrogen-bond acceptors (Lipinski definition) is 4. The Morgan fingerprint density at radius 3 is 2.59 bits per heavy atom. The van der Waals surface area contributed by atoms with Gasteiger partial charge in [-0.3, -0.25) is 0 Å². The smallest absolute Gasteiger partial charge is 0.317 e. The molecular weight excluding hydrogens is 342 g/mol. The van der Waals surface area contributed by atoms with Gasteiger partial charge in [-0.2, -0.15) is 0 Å². The van der Waals surface area contributed by atoms with Crippen molar-refractivity contribution in [3.8, 4) is 5.75 Å². The fourth-order valence-electron chi connectivity index (χ4n) is 3.07. The van der Waals surface area contributed by atoms with Crippen LogP contribution in [0.5, 0.6) is 5.75 Å². The van der Waals surface area contributed by atoms with Gasteiger partial charge < -0.3 is 24.6 Å². The van der Waals surface area contributed by atoms with Gasteiger partial charge in [-0.05, 0) is 35.4 Å². The maximum absolute atomic E-state index is 12.4. The van der Waals surface area contributed by atoms with Crippen LogP contribution < -0.4 is 15.0 Å². The standard InChI is InChI=1S/C21H27N3O3/c1-23(21(25)22-15-18-4-3-5-20(14-18)26-2)16-17-6-8-19(9-7-17)24-10-12-27-13-11-24/h3-9,14H,10-13,15-16H2,1-2H3,(H,22,25). The number of nitrogens with one attached hydrogen (secondary N) is 1. The Morgan fingerprint density at radius 2 is 1.89 bits per heavy atom. The second-order valence-electron chi connectivity index (χ2n) is 6.63. The molecule has 0 aromatic heterocycles. The minimum atomic E-state index is -0.102. The summed E-state index contributed by atoms with van der Waals surface area (Å²) >= 11 is 0. The summed E-state index contributed by atoms with van der Waals surface area (Å²) in [6.45, 7) is 4.43. The lowest BCUT2D eigenvalue weighted by Gasteiger charge is -2.29. The van der Waals surface area contributed by atoms with Crippen LogP contribution in [0.3, 0.4) is 0 Å². The van der Waals surface area contributed by atoms with E-state index in [1.807, 2.05) is 24.3 Å². The van der Waals surface area contributed by atoms with Crippen molar-refractivity contribution in [1.29, 1.82) is 0 Å². The van der Waals surface area contributed by atoms with Crippen molar-refractivity contribution in [2.75, 3.05) is 45.4 Å². The van der Waals surface area contributed by atoms with Crippen molar-refractivity contribution in [3.63, 3.8) is 0 Å². The molecule has 1 aliphatic rings. The molecular formula is C21H27N3O3. The number of carbonyl (C=O) groups is 1. The summed E-state index contributed by atoms with van der Waals surface area (Å²) in [6, 6.07) is 16.0. The molecule has 0 spiro atoms. The van der Waals surface area contributed by atoms with Crippen LogP contribution in [-0.2, 0) is 17.8 Å². The van der Waals surface area contributed by atoms with Crippen LogP contribution in [0.4, 0.5) is 10.5 Å². The van der Waals surface area contributed by atoms with Gasteiger partial charge in [0.25, 0.3) is 0 Å². The van der Waals surface area contributed by atoms with Gasteiger partial charge in [-0.25, -0.2) is 4.79 Å². The molecule has 2 aromatic carbocycles. The molecule has 1 heterocycles. The van der Waals surface area contributed by atoms with E-state index < -0.39 is 0 Å². The van der Waals surface area contributed by atoms with Gasteiger partial charge in [-0.15, -0.1) is 0 Å². The Bertz CT molecular complexity index is 743. The Morgan fingerprint density at radius 1 is 1.15 bits per heavy atom. The lowest BCUT2D eigenvalue weighted by atomic mass is 10.2. The summed E-state index contributed by atoms with van der Waals surface area (Å²) in [5.41, 5.74) is 3.31. The Hall–Kier alpha value is -2.73. The van der Waals surface area contributed by atoms with E-state index in [-0.39, 0.29) is 6.03 Å². The SMILES string of the molecule is COc1cccc(CNC(=O)N(C)Cc2ccc(N3CCOCC3)cc2)c1. The van der Waals surface area contributed by atoms with Crippen molar-refractivity contribution >= 4 is 11.7 Å². The third kappa shape index (κ3) is 5.37. The molecule has 144 valence electrons. The second kappa shape index (κ2) is 9.28. The number of amides is 2. The molecule has 1 fully saturated rings. The zero-order valence-electron chi connectivity index (χ0n) is 16.0. The summed E-state index contributed by atoms with van der Waals surface area (Å²) in [4.78, 5) is 16.4. The third-order valence-electron chi connectivity index (χ3n) is 4.66. The Kier molecular flexibility index (Phi) is 6.54. The molecule has 1 saturated heterocycles. The quantitative estimate of drug-likeness (QED) is 0.851. The van der Waals surface area contributed by atoms with Crippen LogP contribution >= 0.6 is 0 Å². The zero-order chi connectivity index (χ0) is 19.1. The van der Waals surface area contributed by atoms with Crippen molar-refractivity contribution in [1.82, 2.24) is 10.2 Å². The minimum absolute atomic E-state index is 0.102. The second-order valence-corrected chi connectivity index (χ2v) is 6.63. The Labute approximate surface area is 160 Å². The molecule has 6 nitrogen and oxygen atoms in total. The number of hydrogen-bond donors (Lipinski definition) is 1. The summed E-state index contributed by atoms with van der Waals surface area (Å²) in [7, 11) is 3.44. The summed E-state index contributed by atoms with van der Waals surface area (Å²) in [6.07, 6.45) is 0. The number of nitrogens with zero attached hydrogens (tertiary/aromatic N) is 2. The van der Waals surface area contributed by atoms with E-state index in [1.165, 1.54) is 5.69 Å². The normalized spacial score (nSPS) is 13.9. The molecule has 0 saturated carbocycles. The number of morpholine rings is 1. The molecule has 0 atom stereocenters. The van der Waals surface area contributed by atoms with E-state index in [2.05, 4.69) is 34.5 Å². The van der Waals surface area contributed by atoms with Gasteiger partial charge in [0.2, 0.25) is 0 Å². The zero-order valence-corrected chi connectivity index (χ0v) is 16.0. The number of anilines is 1. The van der Waals surface area contributed by atoms with E-state index in [4.69, 9.17) is 9.47 Å². The van der Waals surface area contributed by atoms with E-state index in [0.29, 0.717) is 13.1 Å². The predicted octanol–water partition coefficient (Wildman–Crippen LogP) is 2.87. The number of urea groups is 1. The van der Waals surface area contributed by atoms with E-state index in [9.17, 15) is 4.79 Å². The van der Waals surface area contributed by atoms with E-state index in [1.54, 1.807) is 19.1 Å². The first kappa shape index (κ1) is 19.0. The molecule has 2 aromatic rings. The van der Waals surface area contributed by atoms with Gasteiger partial charge in [-0.1, -0.05) is 24.3 Å². The maximum atomic E-state index is 12.4. The van der Waals surface area contributed by atoms with E-state index >= 15 is 0 Å². The van der Waals surface area contributed by atoms with Gasteiger partial charge in [0.05, 0.1) is 20.3 Å². The van der Waals surface area contributed by atoms with Gasteiger partial charge in [0, 0.05) is 38.9 Å². The Balaban J connectivity index is 1.50. The van der Waals surface area contributed by atoms with Crippen LogP contribution in [0, 0.1) is 0 Å². The summed E-state index contributed by atoms with van der Waals surface area (Å²) in [5, 5.41) is 2.94.